The molecule has 0 saturated heterocycles. The van der Waals surface area contributed by atoms with Crippen LogP contribution in [0.4, 0.5) is 0 Å². The highest BCUT2D eigenvalue weighted by Crippen LogP contribution is 2.30. The number of aromatic nitrogens is 1. The lowest BCUT2D eigenvalue weighted by Crippen LogP contribution is -1.99. The molecule has 0 aliphatic heterocycles. The van der Waals surface area contributed by atoms with E-state index in [1.165, 1.54) is 6.92 Å². The molecule has 0 N–H and O–H groups in total. The molecule has 0 amide bonds. The Morgan fingerprint density at radius 3 is 2.65 bits per heavy atom. The zero-order valence-electron chi connectivity index (χ0n) is 11.6. The molecular weight excluding hydrogens is 254 g/mol. The van der Waals surface area contributed by atoms with Crippen LogP contribution in [0.15, 0.2) is 42.6 Å². The summed E-state index contributed by atoms with van der Waals surface area (Å²) in [6.07, 6.45) is 2.48. The van der Waals surface area contributed by atoms with Gasteiger partial charge in [-0.25, -0.2) is 4.98 Å². The maximum absolute atomic E-state index is 11.4. The zero-order chi connectivity index (χ0) is 14.4. The van der Waals surface area contributed by atoms with Crippen LogP contribution in [0.2, 0.25) is 0 Å². The minimum atomic E-state index is -0.0206. The summed E-state index contributed by atoms with van der Waals surface area (Å²) in [4.78, 5) is 15.5. The quantitative estimate of drug-likeness (QED) is 0.748. The van der Waals surface area contributed by atoms with E-state index in [-0.39, 0.29) is 5.78 Å². The number of pyridine rings is 1. The SMILES string of the molecule is CCCOc1ccccc1Oc1cc(C(C)=O)ccn1. The smallest absolute Gasteiger partial charge is 0.220 e. The number of carbonyl (C=O) groups excluding carboxylic acids is 1. The summed E-state index contributed by atoms with van der Waals surface area (Å²) in [5, 5.41) is 0. The Kier molecular flexibility index (Phi) is 4.71. The first-order valence-corrected chi connectivity index (χ1v) is 6.57. The van der Waals surface area contributed by atoms with Crippen LogP contribution in [0, 0.1) is 0 Å². The molecule has 1 heterocycles. The van der Waals surface area contributed by atoms with Crippen LogP contribution < -0.4 is 9.47 Å². The summed E-state index contributed by atoms with van der Waals surface area (Å²) in [6, 6.07) is 10.7. The molecule has 2 aromatic rings. The second kappa shape index (κ2) is 6.70. The molecule has 0 fully saturated rings. The molecular formula is C16H17NO3. The van der Waals surface area contributed by atoms with E-state index in [9.17, 15) is 4.79 Å². The second-order valence-electron chi connectivity index (χ2n) is 4.34. The van der Waals surface area contributed by atoms with E-state index in [2.05, 4.69) is 4.98 Å². The van der Waals surface area contributed by atoms with Gasteiger partial charge in [-0.3, -0.25) is 4.79 Å². The van der Waals surface area contributed by atoms with Gasteiger partial charge in [0.05, 0.1) is 6.61 Å². The zero-order valence-corrected chi connectivity index (χ0v) is 11.6. The molecule has 0 radical (unpaired) electrons. The number of Topliss-reactive ketones (excluding diaryl/α,β-unsaturated/α-hetero) is 1. The van der Waals surface area contributed by atoms with Crippen LogP contribution in [0.3, 0.4) is 0 Å². The van der Waals surface area contributed by atoms with Gasteiger partial charge in [0.1, 0.15) is 0 Å². The predicted molar refractivity (Wildman–Crippen MR) is 76.5 cm³/mol. The number of hydrogen-bond donors (Lipinski definition) is 0. The molecule has 0 unspecified atom stereocenters. The van der Waals surface area contributed by atoms with Gasteiger partial charge in [-0.2, -0.15) is 0 Å². The van der Waals surface area contributed by atoms with Crippen molar-refractivity contribution < 1.29 is 14.3 Å². The molecule has 0 saturated carbocycles. The molecule has 0 atom stereocenters. The van der Waals surface area contributed by atoms with Crippen LogP contribution in [-0.2, 0) is 0 Å². The number of ketones is 1. The van der Waals surface area contributed by atoms with E-state index in [4.69, 9.17) is 9.47 Å². The summed E-state index contributed by atoms with van der Waals surface area (Å²) in [6.45, 7) is 4.18. The fourth-order valence-electron chi connectivity index (χ4n) is 1.66. The van der Waals surface area contributed by atoms with Crippen LogP contribution in [-0.4, -0.2) is 17.4 Å². The van der Waals surface area contributed by atoms with Crippen molar-refractivity contribution in [3.63, 3.8) is 0 Å². The summed E-state index contributed by atoms with van der Waals surface area (Å²) in [7, 11) is 0. The fraction of sp³-hybridized carbons (Fsp3) is 0.250. The van der Waals surface area contributed by atoms with Gasteiger partial charge >= 0.3 is 0 Å². The number of rotatable bonds is 6. The lowest BCUT2D eigenvalue weighted by Gasteiger charge is -2.11. The standard InChI is InChI=1S/C16H17NO3/c1-3-10-19-14-6-4-5-7-15(14)20-16-11-13(12(2)18)8-9-17-16/h4-9,11H,3,10H2,1-2H3. The predicted octanol–water partition coefficient (Wildman–Crippen LogP) is 3.87. The van der Waals surface area contributed by atoms with Crippen molar-refractivity contribution >= 4 is 5.78 Å². The van der Waals surface area contributed by atoms with Crippen LogP contribution in [0.5, 0.6) is 17.4 Å². The van der Waals surface area contributed by atoms with Crippen LogP contribution in [0.1, 0.15) is 30.6 Å². The molecule has 1 aromatic heterocycles. The van der Waals surface area contributed by atoms with E-state index >= 15 is 0 Å². The van der Waals surface area contributed by atoms with Gasteiger partial charge < -0.3 is 9.47 Å². The average molecular weight is 271 g/mol. The van der Waals surface area contributed by atoms with Gasteiger partial charge in [-0.1, -0.05) is 19.1 Å². The molecule has 4 heteroatoms. The van der Waals surface area contributed by atoms with Crippen molar-refractivity contribution in [3.8, 4) is 17.4 Å². The second-order valence-corrected chi connectivity index (χ2v) is 4.34. The maximum atomic E-state index is 11.4. The average Bonchev–Trinajstić information content (AvgIpc) is 2.46. The number of para-hydroxylation sites is 2. The molecule has 0 aliphatic rings. The van der Waals surface area contributed by atoms with Crippen LogP contribution >= 0.6 is 0 Å². The minimum Gasteiger partial charge on any atom is -0.490 e. The minimum absolute atomic E-state index is 0.0206. The summed E-state index contributed by atoms with van der Waals surface area (Å²) < 4.78 is 11.3. The van der Waals surface area contributed by atoms with E-state index in [1.54, 1.807) is 18.3 Å². The lowest BCUT2D eigenvalue weighted by atomic mass is 10.2. The van der Waals surface area contributed by atoms with Gasteiger partial charge in [0.15, 0.2) is 17.3 Å². The van der Waals surface area contributed by atoms with Crippen LogP contribution in [0.25, 0.3) is 0 Å². The van der Waals surface area contributed by atoms with Crippen molar-refractivity contribution in [2.45, 2.75) is 20.3 Å². The molecule has 20 heavy (non-hydrogen) atoms. The number of hydrogen-bond acceptors (Lipinski definition) is 4. The third-order valence-electron chi connectivity index (χ3n) is 2.67. The Morgan fingerprint density at radius 1 is 1.20 bits per heavy atom. The molecule has 1 aromatic carbocycles. The maximum Gasteiger partial charge on any atom is 0.220 e. The Bertz CT molecular complexity index is 596. The topological polar surface area (TPSA) is 48.4 Å². The summed E-state index contributed by atoms with van der Waals surface area (Å²) in [5.41, 5.74) is 0.571. The Labute approximate surface area is 118 Å². The third kappa shape index (κ3) is 3.57. The Balaban J connectivity index is 2.21. The Hall–Kier alpha value is -2.36. The third-order valence-corrected chi connectivity index (χ3v) is 2.67. The number of carbonyl (C=O) groups is 1. The Morgan fingerprint density at radius 2 is 1.95 bits per heavy atom. The highest BCUT2D eigenvalue weighted by molar-refractivity contribution is 5.94. The molecule has 4 nitrogen and oxygen atoms in total. The highest BCUT2D eigenvalue weighted by atomic mass is 16.5. The largest absolute Gasteiger partial charge is 0.490 e. The summed E-state index contributed by atoms with van der Waals surface area (Å²) in [5.74, 6) is 1.62. The lowest BCUT2D eigenvalue weighted by molar-refractivity contribution is 0.101. The van der Waals surface area contributed by atoms with Crippen molar-refractivity contribution in [2.24, 2.45) is 0 Å². The van der Waals surface area contributed by atoms with Crippen molar-refractivity contribution in [1.82, 2.24) is 4.98 Å². The van der Waals surface area contributed by atoms with Gasteiger partial charge in [-0.15, -0.1) is 0 Å². The van der Waals surface area contributed by atoms with E-state index < -0.39 is 0 Å². The first kappa shape index (κ1) is 14.1. The normalized spacial score (nSPS) is 10.1. The van der Waals surface area contributed by atoms with Gasteiger partial charge in [0, 0.05) is 17.8 Å². The monoisotopic (exact) mass is 271 g/mol. The van der Waals surface area contributed by atoms with Gasteiger partial charge in [0.25, 0.3) is 0 Å². The highest BCUT2D eigenvalue weighted by Gasteiger charge is 2.08. The number of benzene rings is 1. The van der Waals surface area contributed by atoms with E-state index in [1.807, 2.05) is 31.2 Å². The molecule has 0 aliphatic carbocycles. The molecule has 2 rings (SSSR count). The van der Waals surface area contributed by atoms with Gasteiger partial charge in [0.2, 0.25) is 5.88 Å². The summed E-state index contributed by atoms with van der Waals surface area (Å²) >= 11 is 0. The van der Waals surface area contributed by atoms with Crippen molar-refractivity contribution in [1.29, 1.82) is 0 Å². The fourth-order valence-corrected chi connectivity index (χ4v) is 1.66. The molecule has 104 valence electrons. The first-order chi connectivity index (χ1) is 9.70. The van der Waals surface area contributed by atoms with Crippen molar-refractivity contribution in [2.75, 3.05) is 6.61 Å². The number of nitrogens with zero attached hydrogens (tertiary/aromatic N) is 1. The molecule has 0 spiro atoms. The van der Waals surface area contributed by atoms with Crippen molar-refractivity contribution in [3.05, 3.63) is 48.2 Å². The van der Waals surface area contributed by atoms with E-state index in [0.29, 0.717) is 29.5 Å². The number of ether oxygens (including phenoxy) is 2. The van der Waals surface area contributed by atoms with Gasteiger partial charge in [-0.05, 0) is 31.5 Å². The van der Waals surface area contributed by atoms with E-state index in [0.717, 1.165) is 6.42 Å². The first-order valence-electron chi connectivity index (χ1n) is 6.57. The molecule has 0 bridgehead atoms.